The average molecular weight is 230 g/mol. The summed E-state index contributed by atoms with van der Waals surface area (Å²) < 4.78 is 12.9. The summed E-state index contributed by atoms with van der Waals surface area (Å²) in [5.41, 5.74) is 5.40. The zero-order valence-corrected chi connectivity index (χ0v) is 10.8. The van der Waals surface area contributed by atoms with Crippen molar-refractivity contribution in [2.24, 2.45) is 5.92 Å². The molecule has 0 amide bonds. The lowest BCUT2D eigenvalue weighted by atomic mass is 9.84. The number of allylic oxidation sites excluding steroid dienone is 4. The van der Waals surface area contributed by atoms with E-state index in [1.165, 1.54) is 23.3 Å². The van der Waals surface area contributed by atoms with Gasteiger partial charge in [0.25, 0.3) is 0 Å². The van der Waals surface area contributed by atoms with Crippen LogP contribution in [0.2, 0.25) is 0 Å². The maximum atomic E-state index is 12.9. The highest BCUT2D eigenvalue weighted by atomic mass is 19.1. The van der Waals surface area contributed by atoms with Gasteiger partial charge in [0.2, 0.25) is 0 Å². The molecule has 0 heterocycles. The predicted molar refractivity (Wildman–Crippen MR) is 71.1 cm³/mol. The topological polar surface area (TPSA) is 0 Å². The van der Waals surface area contributed by atoms with Crippen molar-refractivity contribution in [1.29, 1.82) is 0 Å². The van der Waals surface area contributed by atoms with E-state index in [1.807, 2.05) is 12.1 Å². The molecule has 0 atom stereocenters. The molecule has 90 valence electrons. The van der Waals surface area contributed by atoms with Gasteiger partial charge in [0.1, 0.15) is 5.82 Å². The molecule has 0 unspecified atom stereocenters. The third kappa shape index (κ3) is 2.66. The van der Waals surface area contributed by atoms with Crippen LogP contribution in [0.4, 0.5) is 4.39 Å². The molecule has 1 aromatic carbocycles. The van der Waals surface area contributed by atoms with Gasteiger partial charge in [-0.2, -0.15) is 0 Å². The Balaban J connectivity index is 2.31. The third-order valence-electron chi connectivity index (χ3n) is 3.47. The maximum absolute atomic E-state index is 12.9. The van der Waals surface area contributed by atoms with Crippen LogP contribution in [0.3, 0.4) is 0 Å². The maximum Gasteiger partial charge on any atom is 0.123 e. The molecule has 0 fully saturated rings. The molecule has 1 aliphatic rings. The van der Waals surface area contributed by atoms with Crippen LogP contribution in [0.5, 0.6) is 0 Å². The summed E-state index contributed by atoms with van der Waals surface area (Å²) in [6.45, 7) is 6.67. The van der Waals surface area contributed by atoms with Crippen molar-refractivity contribution >= 4 is 5.57 Å². The van der Waals surface area contributed by atoms with Crippen LogP contribution >= 0.6 is 0 Å². The first-order chi connectivity index (χ1) is 8.08. The molecule has 1 aromatic rings. The van der Waals surface area contributed by atoms with E-state index in [1.54, 1.807) is 5.57 Å². The van der Waals surface area contributed by atoms with Crippen molar-refractivity contribution in [3.8, 4) is 0 Å². The van der Waals surface area contributed by atoms with E-state index in [-0.39, 0.29) is 5.82 Å². The molecule has 17 heavy (non-hydrogen) atoms. The number of halogens is 1. The molecule has 0 spiro atoms. The molecule has 1 aliphatic carbocycles. The lowest BCUT2D eigenvalue weighted by Gasteiger charge is -2.21. The van der Waals surface area contributed by atoms with Gasteiger partial charge in [0, 0.05) is 0 Å². The molecule has 0 bridgehead atoms. The van der Waals surface area contributed by atoms with Crippen molar-refractivity contribution in [3.05, 3.63) is 52.9 Å². The van der Waals surface area contributed by atoms with Crippen molar-refractivity contribution in [3.63, 3.8) is 0 Å². The lowest BCUT2D eigenvalue weighted by molar-refractivity contribution is 0.627. The van der Waals surface area contributed by atoms with Crippen molar-refractivity contribution in [2.45, 2.75) is 33.6 Å². The quantitative estimate of drug-likeness (QED) is 0.672. The van der Waals surface area contributed by atoms with E-state index < -0.39 is 0 Å². The summed E-state index contributed by atoms with van der Waals surface area (Å²) in [6, 6.07) is 6.81. The molecule has 0 aliphatic heterocycles. The van der Waals surface area contributed by atoms with Crippen LogP contribution in [0.1, 0.15) is 39.2 Å². The molecule has 0 aromatic heterocycles. The monoisotopic (exact) mass is 230 g/mol. The zero-order chi connectivity index (χ0) is 12.4. The molecular weight excluding hydrogens is 211 g/mol. The van der Waals surface area contributed by atoms with Gasteiger partial charge >= 0.3 is 0 Å². The van der Waals surface area contributed by atoms with Crippen LogP contribution in [-0.4, -0.2) is 0 Å². The first kappa shape index (κ1) is 12.1. The van der Waals surface area contributed by atoms with Crippen LogP contribution in [-0.2, 0) is 0 Å². The zero-order valence-electron chi connectivity index (χ0n) is 10.8. The minimum Gasteiger partial charge on any atom is -0.207 e. The fourth-order valence-corrected chi connectivity index (χ4v) is 2.53. The highest BCUT2D eigenvalue weighted by Gasteiger charge is 2.14. The second-order valence-corrected chi connectivity index (χ2v) is 5.04. The summed E-state index contributed by atoms with van der Waals surface area (Å²) in [7, 11) is 0. The molecule has 0 saturated heterocycles. The van der Waals surface area contributed by atoms with Crippen LogP contribution in [0, 0.1) is 11.7 Å². The highest BCUT2D eigenvalue weighted by Crippen LogP contribution is 2.33. The van der Waals surface area contributed by atoms with E-state index >= 15 is 0 Å². The van der Waals surface area contributed by atoms with Crippen LogP contribution in [0.25, 0.3) is 5.57 Å². The van der Waals surface area contributed by atoms with Gasteiger partial charge in [-0.1, -0.05) is 43.2 Å². The highest BCUT2D eigenvalue weighted by molar-refractivity contribution is 5.70. The summed E-state index contributed by atoms with van der Waals surface area (Å²) in [6.07, 6.45) is 4.45. The Hall–Kier alpha value is -1.37. The Kier molecular flexibility index (Phi) is 3.46. The molecular formula is C16H19F. The first-order valence-electron chi connectivity index (χ1n) is 6.24. The van der Waals surface area contributed by atoms with Crippen molar-refractivity contribution < 1.29 is 4.39 Å². The van der Waals surface area contributed by atoms with Gasteiger partial charge in [-0.3, -0.25) is 0 Å². The van der Waals surface area contributed by atoms with Crippen molar-refractivity contribution in [2.75, 3.05) is 0 Å². The third-order valence-corrected chi connectivity index (χ3v) is 3.47. The smallest absolute Gasteiger partial charge is 0.123 e. The fraction of sp³-hybridized carbons (Fsp3) is 0.375. The SMILES string of the molecule is CC1=C(C(C)C)CCC(c2ccc(F)cc2)=C1. The van der Waals surface area contributed by atoms with Gasteiger partial charge in [-0.25, -0.2) is 4.39 Å². The Morgan fingerprint density at radius 1 is 1.06 bits per heavy atom. The standard InChI is InChI=1S/C16H19F/c1-11(2)16-9-6-14(10-12(16)3)13-4-7-15(17)8-5-13/h4-5,7-8,10-11H,6,9H2,1-3H3. The fourth-order valence-electron chi connectivity index (χ4n) is 2.53. The number of hydrogen-bond donors (Lipinski definition) is 0. The molecule has 2 rings (SSSR count). The normalized spacial score (nSPS) is 16.4. The van der Waals surface area contributed by atoms with E-state index in [0.29, 0.717) is 5.92 Å². The average Bonchev–Trinajstić information content (AvgIpc) is 2.29. The molecule has 0 radical (unpaired) electrons. The van der Waals surface area contributed by atoms with Crippen LogP contribution < -0.4 is 0 Å². The summed E-state index contributed by atoms with van der Waals surface area (Å²) >= 11 is 0. The molecule has 0 N–H and O–H groups in total. The minimum absolute atomic E-state index is 0.166. The number of rotatable bonds is 2. The largest absolute Gasteiger partial charge is 0.207 e. The van der Waals surface area contributed by atoms with Gasteiger partial charge in [-0.15, -0.1) is 0 Å². The number of benzene rings is 1. The Labute approximate surface area is 103 Å². The lowest BCUT2D eigenvalue weighted by Crippen LogP contribution is -2.03. The van der Waals surface area contributed by atoms with E-state index in [0.717, 1.165) is 18.4 Å². The summed E-state index contributed by atoms with van der Waals surface area (Å²) in [5.74, 6) is 0.460. The van der Waals surface area contributed by atoms with E-state index in [4.69, 9.17) is 0 Å². The van der Waals surface area contributed by atoms with Gasteiger partial charge in [0.15, 0.2) is 0 Å². The summed E-state index contributed by atoms with van der Waals surface area (Å²) in [5, 5.41) is 0. The summed E-state index contributed by atoms with van der Waals surface area (Å²) in [4.78, 5) is 0. The number of hydrogen-bond acceptors (Lipinski definition) is 0. The van der Waals surface area contributed by atoms with Gasteiger partial charge < -0.3 is 0 Å². The first-order valence-corrected chi connectivity index (χ1v) is 6.24. The Morgan fingerprint density at radius 2 is 1.71 bits per heavy atom. The molecule has 0 saturated carbocycles. The minimum atomic E-state index is -0.166. The van der Waals surface area contributed by atoms with E-state index in [9.17, 15) is 4.39 Å². The van der Waals surface area contributed by atoms with Gasteiger partial charge in [-0.05, 0) is 49.0 Å². The molecule has 0 nitrogen and oxygen atoms in total. The molecule has 1 heteroatoms. The second-order valence-electron chi connectivity index (χ2n) is 5.04. The Morgan fingerprint density at radius 3 is 2.24 bits per heavy atom. The van der Waals surface area contributed by atoms with E-state index in [2.05, 4.69) is 26.8 Å². The Bertz CT molecular complexity index is 461. The van der Waals surface area contributed by atoms with Crippen LogP contribution in [0.15, 0.2) is 41.5 Å². The van der Waals surface area contributed by atoms with Crippen molar-refractivity contribution in [1.82, 2.24) is 0 Å². The second kappa shape index (κ2) is 4.87. The predicted octanol–water partition coefficient (Wildman–Crippen LogP) is 4.98. The van der Waals surface area contributed by atoms with Gasteiger partial charge in [0.05, 0.1) is 0 Å².